The van der Waals surface area contributed by atoms with E-state index in [1.54, 1.807) is 24.3 Å². The zero-order valence-electron chi connectivity index (χ0n) is 75.6. The van der Waals surface area contributed by atoms with Gasteiger partial charge in [-0.3, -0.25) is 0 Å². The molecule has 0 bridgehead atoms. The van der Waals surface area contributed by atoms with Crippen LogP contribution < -0.4 is 19.3 Å². The van der Waals surface area contributed by atoms with Crippen molar-refractivity contribution in [2.45, 2.75) is 59.5 Å². The molecule has 0 saturated carbocycles. The second kappa shape index (κ2) is 36.9. The number of hydrogen-bond donors (Lipinski definition) is 0. The maximum Gasteiger partial charge on any atom is 0.335 e. The maximum atomic E-state index is 11.5. The van der Waals surface area contributed by atoms with Gasteiger partial charge >= 0.3 is 11.9 Å². The van der Waals surface area contributed by atoms with Crippen LogP contribution >= 0.6 is 0 Å². The molecule has 21 aromatic rings. The van der Waals surface area contributed by atoms with Crippen molar-refractivity contribution < 1.29 is 28.5 Å². The number of nitrogens with zero attached hydrogens (tertiary/aromatic N) is 4. The molecular formula is C125H96N4O6. The SMILES string of the molecule is C=CC(=O)Oc1ccc(COCc2ccc(-n3c4ccccc4c4cc(-c5ccc(N(c6ccc(-c7ccccc7)cc6)c6ccc7c(c6)C(C)(C)c6ccccc6-7)cc5)ccc43)cc2)cc1.C=CC(=O)Oc1ccc(COCc2ccc(-n3c4ccccc4c4cc(-c5ccc(N(c6ccc(-c7ccccc7)cc6)c6ccc7c(c6)c(C)c(C)c6ccccc67)cc5)ccc43)cc2)cc1. The molecule has 0 saturated heterocycles. The molecule has 0 fully saturated rings. The summed E-state index contributed by atoms with van der Waals surface area (Å²) in [4.78, 5) is 27.8. The molecule has 0 atom stereocenters. The van der Waals surface area contributed by atoms with Crippen LogP contribution in [0, 0.1) is 13.8 Å². The van der Waals surface area contributed by atoms with Gasteiger partial charge in [0.25, 0.3) is 0 Å². The number of carbonyl (C=O) groups excluding carboxylic acids is 2. The topological polar surface area (TPSA) is 87.4 Å². The van der Waals surface area contributed by atoms with E-state index in [-0.39, 0.29) is 5.41 Å². The Labute approximate surface area is 786 Å². The summed E-state index contributed by atoms with van der Waals surface area (Å²) in [6.07, 6.45) is 2.30. The molecule has 0 unspecified atom stereocenters. The molecule has 10 heteroatoms. The van der Waals surface area contributed by atoms with Crippen LogP contribution in [0.25, 0.3) is 132 Å². The molecule has 0 radical (unpaired) electrons. The number of aryl methyl sites for hydroxylation is 2. The van der Waals surface area contributed by atoms with Gasteiger partial charge in [-0.1, -0.05) is 294 Å². The minimum absolute atomic E-state index is 0.113. The van der Waals surface area contributed by atoms with Gasteiger partial charge in [0.15, 0.2) is 0 Å². The second-order valence-electron chi connectivity index (χ2n) is 35.0. The second-order valence-corrected chi connectivity index (χ2v) is 35.0. The number of hydrogen-bond acceptors (Lipinski definition) is 8. The van der Waals surface area contributed by atoms with E-state index in [1.165, 1.54) is 98.7 Å². The number of ether oxygens (including phenoxy) is 4. The minimum Gasteiger partial charge on any atom is -0.423 e. The normalized spacial score (nSPS) is 11.9. The van der Waals surface area contributed by atoms with Crippen LogP contribution in [0.1, 0.15) is 58.4 Å². The Kier molecular flexibility index (Phi) is 23.2. The first-order chi connectivity index (χ1) is 66.2. The van der Waals surface area contributed by atoms with Gasteiger partial charge in [-0.05, 0) is 293 Å². The Balaban J connectivity index is 0.000000162. The zero-order chi connectivity index (χ0) is 91.6. The van der Waals surface area contributed by atoms with Crippen molar-refractivity contribution >= 4 is 111 Å². The Bertz CT molecular complexity index is 8050. The Morgan fingerprint density at radius 3 is 1.03 bits per heavy atom. The van der Waals surface area contributed by atoms with Crippen molar-refractivity contribution in [2.24, 2.45) is 0 Å². The number of anilines is 6. The molecule has 0 aliphatic heterocycles. The fraction of sp³-hybridized carbons (Fsp3) is 0.0720. The average molecular weight is 1750 g/mol. The number of para-hydroxylation sites is 2. The molecular weight excluding hydrogens is 1650 g/mol. The van der Waals surface area contributed by atoms with E-state index >= 15 is 0 Å². The standard InChI is InChI=1S/C63H48N2O3.C62H48N2O3/c1-4-63(66)68-54-34-20-45(21-35-54)41-67-40-44-18-27-52(28-19-44)65-61-17-11-10-16-58(61)60-38-49(26-37-62(60)65)48-24-31-51(32-25-48)64(50-29-22-47(23-30-50)46-12-6-5-7-13-46)53-33-36-57-56-15-9-8-14-55(56)42(2)43(3)59(57)39-53;1-4-61(65)67-52-34-20-43(21-35-52)41-66-40-42-18-27-50(28-19-42)64-59-17-11-9-15-55(59)56-38-47(26-37-60(56)64)46-24-31-49(32-25-46)63(48-29-22-45(23-30-48)44-12-6-5-7-13-44)51-33-36-54-53-14-8-10-16-57(53)62(2,3)58(54)39-51/h4-39H,1,40-41H2,2-3H3;4-39H,1,40-41H2,2-3H3. The number of esters is 2. The van der Waals surface area contributed by atoms with Gasteiger partial charge in [0.2, 0.25) is 0 Å². The lowest BCUT2D eigenvalue weighted by atomic mass is 9.82. The molecule has 19 aromatic carbocycles. The molecule has 22 rings (SSSR count). The van der Waals surface area contributed by atoms with Crippen LogP contribution in [0.2, 0.25) is 0 Å². The van der Waals surface area contributed by atoms with Gasteiger partial charge in [0.05, 0.1) is 48.5 Å². The Morgan fingerprint density at radius 1 is 0.274 bits per heavy atom. The highest BCUT2D eigenvalue weighted by atomic mass is 16.5. The van der Waals surface area contributed by atoms with E-state index in [2.05, 4.69) is 436 Å². The number of benzene rings is 19. The lowest BCUT2D eigenvalue weighted by Gasteiger charge is -2.28. The summed E-state index contributed by atoms with van der Waals surface area (Å²) in [5.74, 6) is -0.00300. The first kappa shape index (κ1) is 85.0. The summed E-state index contributed by atoms with van der Waals surface area (Å²) in [6, 6.07) is 151. The number of carbonyl (C=O) groups is 2. The molecule has 0 spiro atoms. The quantitative estimate of drug-likeness (QED) is 0.0256. The van der Waals surface area contributed by atoms with Crippen LogP contribution in [0.3, 0.4) is 0 Å². The van der Waals surface area contributed by atoms with Crippen LogP contribution in [0.5, 0.6) is 11.5 Å². The van der Waals surface area contributed by atoms with E-state index in [1.807, 2.05) is 24.3 Å². The number of rotatable bonds is 24. The summed E-state index contributed by atoms with van der Waals surface area (Å²) in [5.41, 5.74) is 34.9. The van der Waals surface area contributed by atoms with Crippen molar-refractivity contribution in [3.63, 3.8) is 0 Å². The van der Waals surface area contributed by atoms with Gasteiger partial charge < -0.3 is 37.9 Å². The predicted molar refractivity (Wildman–Crippen MR) is 556 cm³/mol. The molecule has 652 valence electrons. The van der Waals surface area contributed by atoms with E-state index in [4.69, 9.17) is 18.9 Å². The molecule has 2 heterocycles. The van der Waals surface area contributed by atoms with E-state index in [0.29, 0.717) is 37.9 Å². The van der Waals surface area contributed by atoms with E-state index in [0.717, 1.165) is 124 Å². The molecule has 0 N–H and O–H groups in total. The largest absolute Gasteiger partial charge is 0.423 e. The lowest BCUT2D eigenvalue weighted by Crippen LogP contribution is -2.16. The Hall–Kier alpha value is -16.8. The molecule has 1 aliphatic carbocycles. The average Bonchev–Trinajstić information content (AvgIpc) is 1.55. The maximum absolute atomic E-state index is 11.5. The third kappa shape index (κ3) is 16.9. The summed E-state index contributed by atoms with van der Waals surface area (Å²) in [7, 11) is 0. The third-order valence-electron chi connectivity index (χ3n) is 26.5. The molecule has 2 aromatic heterocycles. The van der Waals surface area contributed by atoms with E-state index < -0.39 is 11.9 Å². The summed E-state index contributed by atoms with van der Waals surface area (Å²) in [6.45, 7) is 17.9. The van der Waals surface area contributed by atoms with Crippen molar-refractivity contribution in [2.75, 3.05) is 9.80 Å². The molecule has 135 heavy (non-hydrogen) atoms. The predicted octanol–water partition coefficient (Wildman–Crippen LogP) is 32.0. The highest BCUT2D eigenvalue weighted by molar-refractivity contribution is 6.14. The monoisotopic (exact) mass is 1750 g/mol. The lowest BCUT2D eigenvalue weighted by molar-refractivity contribution is -0.129. The van der Waals surface area contributed by atoms with Gasteiger partial charge in [-0.15, -0.1) is 0 Å². The summed E-state index contributed by atoms with van der Waals surface area (Å²) < 4.78 is 27.2. The first-order valence-corrected chi connectivity index (χ1v) is 45.8. The molecule has 10 nitrogen and oxygen atoms in total. The third-order valence-corrected chi connectivity index (χ3v) is 26.5. The minimum atomic E-state index is -0.480. The van der Waals surface area contributed by atoms with Gasteiger partial charge in [0.1, 0.15) is 11.5 Å². The zero-order valence-corrected chi connectivity index (χ0v) is 75.6. The first-order valence-electron chi connectivity index (χ1n) is 45.8. The van der Waals surface area contributed by atoms with Crippen molar-refractivity contribution in [3.8, 4) is 78.5 Å². The van der Waals surface area contributed by atoms with Crippen LogP contribution in [-0.2, 0) is 50.9 Å². The number of fused-ring (bicyclic) bond motifs is 12. The summed E-state index contributed by atoms with van der Waals surface area (Å²) >= 11 is 0. The van der Waals surface area contributed by atoms with Crippen molar-refractivity contribution in [1.29, 1.82) is 0 Å². The van der Waals surface area contributed by atoms with E-state index in [9.17, 15) is 9.59 Å². The van der Waals surface area contributed by atoms with Crippen LogP contribution in [0.4, 0.5) is 34.1 Å². The van der Waals surface area contributed by atoms with Gasteiger partial charge in [0, 0.05) is 84.6 Å². The smallest absolute Gasteiger partial charge is 0.335 e. The highest BCUT2D eigenvalue weighted by Crippen LogP contribution is 2.52. The summed E-state index contributed by atoms with van der Waals surface area (Å²) in [5, 5.41) is 9.96. The Morgan fingerprint density at radius 2 is 0.593 bits per heavy atom. The highest BCUT2D eigenvalue weighted by Gasteiger charge is 2.36. The molecule has 1 aliphatic rings. The van der Waals surface area contributed by atoms with Crippen LogP contribution in [-0.4, -0.2) is 21.1 Å². The van der Waals surface area contributed by atoms with Gasteiger partial charge in [-0.25, -0.2) is 9.59 Å². The van der Waals surface area contributed by atoms with Crippen molar-refractivity contribution in [1.82, 2.24) is 9.13 Å². The fourth-order valence-corrected chi connectivity index (χ4v) is 19.4. The fourth-order valence-electron chi connectivity index (χ4n) is 19.4. The van der Waals surface area contributed by atoms with Gasteiger partial charge in [-0.2, -0.15) is 0 Å². The van der Waals surface area contributed by atoms with Crippen molar-refractivity contribution in [3.05, 3.63) is 494 Å². The molecule has 0 amide bonds. The van der Waals surface area contributed by atoms with Crippen LogP contribution in [0.15, 0.2) is 450 Å². The number of aromatic nitrogens is 2.